The molecule has 3 rings (SSSR count). The molecule has 29 heavy (non-hydrogen) atoms. The van der Waals surface area contributed by atoms with E-state index in [-0.39, 0.29) is 5.56 Å². The Morgan fingerprint density at radius 2 is 2.00 bits per heavy atom. The van der Waals surface area contributed by atoms with Crippen LogP contribution in [0.25, 0.3) is 5.69 Å². The van der Waals surface area contributed by atoms with E-state index in [1.54, 1.807) is 10.8 Å². The first-order valence-electron chi connectivity index (χ1n) is 9.89. The van der Waals surface area contributed by atoms with Crippen molar-refractivity contribution in [3.05, 3.63) is 58.9 Å². The molecule has 0 radical (unpaired) electrons. The lowest BCUT2D eigenvalue weighted by Gasteiger charge is -2.28. The van der Waals surface area contributed by atoms with E-state index in [4.69, 9.17) is 16.6 Å². The van der Waals surface area contributed by atoms with Gasteiger partial charge < -0.3 is 21.3 Å². The molecule has 2 heterocycles. The second kappa shape index (κ2) is 10.1. The fraction of sp³-hybridized carbons (Fsp3) is 0.400. The lowest BCUT2D eigenvalue weighted by atomic mass is 10.2. The molecule has 0 amide bonds. The highest BCUT2D eigenvalue weighted by Gasteiger charge is 2.18. The number of aryl methyl sites for hydroxylation is 1. The van der Waals surface area contributed by atoms with E-state index in [0.717, 1.165) is 62.6 Å². The predicted molar refractivity (Wildman–Crippen MR) is 117 cm³/mol. The Bertz CT molecular complexity index is 871. The molecular formula is C20H30N8O. The standard InChI is InChI=1S/C20H30N8O/c1-23-9-2-3-16-15-27(17-4-6-18(7-5-17)28(22)12-8-21)20(29)19(25-16)26-13-10-24-11-14-26/h4-8,12,15,23-24H,2-3,9-11,13-14,21-22H2,1H3/b12-8-. The molecule has 1 aromatic carbocycles. The summed E-state index contributed by atoms with van der Waals surface area (Å²) in [6.07, 6.45) is 6.54. The van der Waals surface area contributed by atoms with E-state index in [9.17, 15) is 4.79 Å². The third-order valence-electron chi connectivity index (χ3n) is 4.89. The zero-order chi connectivity index (χ0) is 20.6. The van der Waals surface area contributed by atoms with Gasteiger partial charge in [0.25, 0.3) is 5.56 Å². The molecule has 0 saturated carbocycles. The summed E-state index contributed by atoms with van der Waals surface area (Å²) < 4.78 is 1.68. The Hall–Kier alpha value is -2.88. The summed E-state index contributed by atoms with van der Waals surface area (Å²) in [5.74, 6) is 6.43. The number of nitrogens with zero attached hydrogens (tertiary/aromatic N) is 4. The van der Waals surface area contributed by atoms with Crippen LogP contribution in [0.5, 0.6) is 0 Å². The number of aromatic nitrogens is 2. The van der Waals surface area contributed by atoms with Crippen molar-refractivity contribution in [1.29, 1.82) is 0 Å². The topological polar surface area (TPSA) is 117 Å². The molecule has 1 aliphatic heterocycles. The Kier molecular flexibility index (Phi) is 7.23. The summed E-state index contributed by atoms with van der Waals surface area (Å²) in [4.78, 5) is 20.0. The predicted octanol–water partition coefficient (Wildman–Crippen LogP) is -0.0959. The number of hydrogen-bond donors (Lipinski definition) is 4. The lowest BCUT2D eigenvalue weighted by molar-refractivity contribution is 0.580. The van der Waals surface area contributed by atoms with Gasteiger partial charge in [-0.2, -0.15) is 0 Å². The van der Waals surface area contributed by atoms with Gasteiger partial charge in [0, 0.05) is 50.5 Å². The molecule has 9 nitrogen and oxygen atoms in total. The van der Waals surface area contributed by atoms with Crippen LogP contribution in [0.2, 0.25) is 0 Å². The lowest BCUT2D eigenvalue weighted by Crippen LogP contribution is -2.46. The number of hydrazine groups is 1. The van der Waals surface area contributed by atoms with E-state index in [0.29, 0.717) is 5.82 Å². The Morgan fingerprint density at radius 1 is 1.28 bits per heavy atom. The minimum absolute atomic E-state index is 0.108. The fourth-order valence-corrected chi connectivity index (χ4v) is 3.33. The molecular weight excluding hydrogens is 368 g/mol. The molecule has 1 aromatic heterocycles. The van der Waals surface area contributed by atoms with E-state index >= 15 is 0 Å². The SMILES string of the molecule is CNCCCc1cn(-c2ccc(N(N)/C=C\N)cc2)c(=O)c(N2CCNCC2)n1. The Balaban J connectivity index is 1.97. The molecule has 0 atom stereocenters. The quantitative estimate of drug-likeness (QED) is 0.277. The molecule has 1 fully saturated rings. The van der Waals surface area contributed by atoms with Gasteiger partial charge in [-0.15, -0.1) is 0 Å². The summed E-state index contributed by atoms with van der Waals surface area (Å²) in [7, 11) is 1.93. The van der Waals surface area contributed by atoms with Gasteiger partial charge in [0.15, 0.2) is 5.82 Å². The number of hydrogen-bond acceptors (Lipinski definition) is 8. The number of benzene rings is 1. The van der Waals surface area contributed by atoms with Gasteiger partial charge in [0.05, 0.1) is 11.4 Å². The molecule has 156 valence electrons. The molecule has 0 spiro atoms. The molecule has 9 heteroatoms. The Labute approximate surface area is 171 Å². The van der Waals surface area contributed by atoms with E-state index < -0.39 is 0 Å². The van der Waals surface area contributed by atoms with Gasteiger partial charge in [-0.05, 0) is 50.7 Å². The van der Waals surface area contributed by atoms with Crippen molar-refractivity contribution >= 4 is 11.5 Å². The van der Waals surface area contributed by atoms with Crippen LogP contribution in [-0.2, 0) is 6.42 Å². The van der Waals surface area contributed by atoms with Crippen molar-refractivity contribution in [1.82, 2.24) is 20.2 Å². The maximum absolute atomic E-state index is 13.2. The molecule has 1 saturated heterocycles. The number of piperazine rings is 1. The maximum atomic E-state index is 13.2. The second-order valence-corrected chi connectivity index (χ2v) is 6.94. The van der Waals surface area contributed by atoms with Crippen LogP contribution >= 0.6 is 0 Å². The van der Waals surface area contributed by atoms with Gasteiger partial charge in [0.1, 0.15) is 0 Å². The van der Waals surface area contributed by atoms with Crippen molar-refractivity contribution in [2.45, 2.75) is 12.8 Å². The van der Waals surface area contributed by atoms with Crippen LogP contribution in [0.1, 0.15) is 12.1 Å². The first kappa shape index (κ1) is 20.8. The molecule has 0 unspecified atom stereocenters. The van der Waals surface area contributed by atoms with E-state index in [1.807, 2.05) is 37.5 Å². The number of nitrogens with two attached hydrogens (primary N) is 2. The number of nitrogens with one attached hydrogen (secondary N) is 2. The van der Waals surface area contributed by atoms with Crippen molar-refractivity contribution in [3.8, 4) is 5.69 Å². The first-order chi connectivity index (χ1) is 14.1. The fourth-order valence-electron chi connectivity index (χ4n) is 3.33. The van der Waals surface area contributed by atoms with Crippen LogP contribution in [-0.4, -0.2) is 49.3 Å². The highest BCUT2D eigenvalue weighted by molar-refractivity contribution is 5.52. The van der Waals surface area contributed by atoms with Gasteiger partial charge in [-0.1, -0.05) is 0 Å². The molecule has 2 aromatic rings. The molecule has 1 aliphatic rings. The van der Waals surface area contributed by atoms with Crippen LogP contribution in [0.3, 0.4) is 0 Å². The van der Waals surface area contributed by atoms with E-state index in [1.165, 1.54) is 11.2 Å². The minimum Gasteiger partial charge on any atom is -0.403 e. The van der Waals surface area contributed by atoms with Crippen molar-refractivity contribution in [2.75, 3.05) is 49.7 Å². The highest BCUT2D eigenvalue weighted by Crippen LogP contribution is 2.17. The molecule has 0 bridgehead atoms. The summed E-state index contributed by atoms with van der Waals surface area (Å²) in [5.41, 5.74) is 7.74. The van der Waals surface area contributed by atoms with Gasteiger partial charge in [0.2, 0.25) is 0 Å². The zero-order valence-corrected chi connectivity index (χ0v) is 16.8. The van der Waals surface area contributed by atoms with Gasteiger partial charge in [-0.3, -0.25) is 14.4 Å². The average Bonchev–Trinajstić information content (AvgIpc) is 2.76. The summed E-state index contributed by atoms with van der Waals surface area (Å²) >= 11 is 0. The van der Waals surface area contributed by atoms with Crippen LogP contribution in [0.15, 0.2) is 47.7 Å². The average molecular weight is 399 g/mol. The van der Waals surface area contributed by atoms with Gasteiger partial charge >= 0.3 is 0 Å². The summed E-state index contributed by atoms with van der Waals surface area (Å²) in [5, 5.41) is 7.90. The smallest absolute Gasteiger partial charge is 0.298 e. The van der Waals surface area contributed by atoms with Crippen LogP contribution in [0, 0.1) is 0 Å². The van der Waals surface area contributed by atoms with Crippen LogP contribution in [0.4, 0.5) is 11.5 Å². The van der Waals surface area contributed by atoms with E-state index in [2.05, 4.69) is 15.5 Å². The normalized spacial score (nSPS) is 14.5. The minimum atomic E-state index is -0.108. The highest BCUT2D eigenvalue weighted by atomic mass is 16.1. The molecule has 0 aliphatic carbocycles. The van der Waals surface area contributed by atoms with Gasteiger partial charge in [-0.25, -0.2) is 10.8 Å². The third kappa shape index (κ3) is 5.14. The maximum Gasteiger partial charge on any atom is 0.298 e. The van der Waals surface area contributed by atoms with Crippen molar-refractivity contribution in [2.24, 2.45) is 11.6 Å². The zero-order valence-electron chi connectivity index (χ0n) is 16.8. The number of rotatable bonds is 8. The largest absolute Gasteiger partial charge is 0.403 e. The summed E-state index contributed by atoms with van der Waals surface area (Å²) in [6, 6.07) is 7.46. The first-order valence-corrected chi connectivity index (χ1v) is 9.89. The van der Waals surface area contributed by atoms with Crippen LogP contribution < -0.4 is 37.7 Å². The number of anilines is 2. The molecule has 6 N–H and O–H groups in total. The summed E-state index contributed by atoms with van der Waals surface area (Å²) in [6.45, 7) is 4.14. The second-order valence-electron chi connectivity index (χ2n) is 6.94. The monoisotopic (exact) mass is 398 g/mol. The third-order valence-corrected chi connectivity index (χ3v) is 4.89. The van der Waals surface area contributed by atoms with Crippen molar-refractivity contribution < 1.29 is 0 Å². The Morgan fingerprint density at radius 3 is 2.66 bits per heavy atom. The van der Waals surface area contributed by atoms with Crippen molar-refractivity contribution in [3.63, 3.8) is 0 Å².